The summed E-state index contributed by atoms with van der Waals surface area (Å²) in [4.78, 5) is 16.3. The molecule has 1 aromatic heterocycles. The summed E-state index contributed by atoms with van der Waals surface area (Å²) in [6.45, 7) is 2.01. The van der Waals surface area contributed by atoms with Crippen LogP contribution >= 0.6 is 11.8 Å². The molecule has 2 aromatic carbocycles. The van der Waals surface area contributed by atoms with Crippen molar-refractivity contribution in [2.45, 2.75) is 12.1 Å². The third-order valence-electron chi connectivity index (χ3n) is 3.22. The molecule has 5 nitrogen and oxygen atoms in total. The molecule has 1 heterocycles. The van der Waals surface area contributed by atoms with E-state index in [0.717, 1.165) is 11.1 Å². The topological polar surface area (TPSA) is 70.7 Å². The maximum absolute atomic E-state index is 12.8. The molecule has 0 aliphatic rings. The fourth-order valence-corrected chi connectivity index (χ4v) is 2.69. The number of benzene rings is 2. The summed E-state index contributed by atoms with van der Waals surface area (Å²) in [5.41, 5.74) is 2.64. The Morgan fingerprint density at radius 3 is 2.79 bits per heavy atom. The number of halogens is 1. The molecule has 1 amide bonds. The highest BCUT2D eigenvalue weighted by Gasteiger charge is 2.09. The van der Waals surface area contributed by atoms with E-state index in [4.69, 9.17) is 0 Å². The Bertz CT molecular complexity index is 848. The van der Waals surface area contributed by atoms with E-state index in [1.165, 1.54) is 36.0 Å². The Hall–Kier alpha value is -2.67. The van der Waals surface area contributed by atoms with Crippen LogP contribution in [0.4, 0.5) is 10.1 Å². The fraction of sp³-hybridized carbons (Fsp3) is 0.118. The second kappa shape index (κ2) is 7.27. The van der Waals surface area contributed by atoms with Crippen molar-refractivity contribution in [3.05, 3.63) is 59.9 Å². The van der Waals surface area contributed by atoms with Crippen LogP contribution < -0.4 is 5.32 Å². The summed E-state index contributed by atoms with van der Waals surface area (Å²) in [7, 11) is 0. The number of aromatic amines is 1. The zero-order chi connectivity index (χ0) is 16.9. The molecule has 0 saturated heterocycles. The maximum Gasteiger partial charge on any atom is 0.234 e. The zero-order valence-electron chi connectivity index (χ0n) is 12.9. The zero-order valence-corrected chi connectivity index (χ0v) is 13.7. The molecule has 2 N–H and O–H groups in total. The van der Waals surface area contributed by atoms with E-state index in [0.29, 0.717) is 16.7 Å². The van der Waals surface area contributed by atoms with Gasteiger partial charge in [-0.1, -0.05) is 35.5 Å². The van der Waals surface area contributed by atoms with Crippen LogP contribution in [0.5, 0.6) is 0 Å². The molecule has 0 fully saturated rings. The van der Waals surface area contributed by atoms with E-state index >= 15 is 0 Å². The molecule has 3 aromatic rings. The van der Waals surface area contributed by atoms with Crippen LogP contribution in [0.25, 0.3) is 11.4 Å². The largest absolute Gasteiger partial charge is 0.325 e. The molecule has 0 atom stereocenters. The molecule has 0 saturated carbocycles. The summed E-state index contributed by atoms with van der Waals surface area (Å²) >= 11 is 1.23. The van der Waals surface area contributed by atoms with Gasteiger partial charge in [0.05, 0.1) is 5.75 Å². The first-order valence-corrected chi connectivity index (χ1v) is 8.26. The van der Waals surface area contributed by atoms with Gasteiger partial charge in [0.1, 0.15) is 5.82 Å². The predicted molar refractivity (Wildman–Crippen MR) is 92.3 cm³/mol. The van der Waals surface area contributed by atoms with Crippen molar-refractivity contribution in [3.63, 3.8) is 0 Å². The highest BCUT2D eigenvalue weighted by Crippen LogP contribution is 2.20. The highest BCUT2D eigenvalue weighted by atomic mass is 32.2. The van der Waals surface area contributed by atoms with Gasteiger partial charge in [0.2, 0.25) is 11.1 Å². The lowest BCUT2D eigenvalue weighted by molar-refractivity contribution is -0.113. The number of aromatic nitrogens is 3. The van der Waals surface area contributed by atoms with Gasteiger partial charge in [0.25, 0.3) is 0 Å². The SMILES string of the molecule is Cc1cccc(-c2nc(SCC(=O)Nc3ccc(F)cc3)n[nH]2)c1. The maximum atomic E-state index is 12.8. The number of carbonyl (C=O) groups is 1. The summed E-state index contributed by atoms with van der Waals surface area (Å²) in [6, 6.07) is 13.5. The molecule has 0 radical (unpaired) electrons. The Balaban J connectivity index is 1.57. The van der Waals surface area contributed by atoms with E-state index in [2.05, 4.69) is 20.5 Å². The number of amides is 1. The lowest BCUT2D eigenvalue weighted by Gasteiger charge is -2.03. The van der Waals surface area contributed by atoms with E-state index in [1.807, 2.05) is 31.2 Å². The normalized spacial score (nSPS) is 10.6. The van der Waals surface area contributed by atoms with Gasteiger partial charge in [-0.25, -0.2) is 9.37 Å². The first-order chi connectivity index (χ1) is 11.6. The quantitative estimate of drug-likeness (QED) is 0.694. The molecule has 0 aliphatic carbocycles. The highest BCUT2D eigenvalue weighted by molar-refractivity contribution is 7.99. The lowest BCUT2D eigenvalue weighted by Crippen LogP contribution is -2.14. The van der Waals surface area contributed by atoms with Gasteiger partial charge in [-0.3, -0.25) is 9.89 Å². The van der Waals surface area contributed by atoms with Crippen molar-refractivity contribution in [3.8, 4) is 11.4 Å². The van der Waals surface area contributed by atoms with Crippen LogP contribution in [0.1, 0.15) is 5.56 Å². The van der Waals surface area contributed by atoms with Crippen LogP contribution in [0.2, 0.25) is 0 Å². The van der Waals surface area contributed by atoms with Crippen molar-refractivity contribution in [1.82, 2.24) is 15.2 Å². The first-order valence-electron chi connectivity index (χ1n) is 7.28. The fourth-order valence-electron chi connectivity index (χ4n) is 2.09. The molecule has 7 heteroatoms. The van der Waals surface area contributed by atoms with Crippen LogP contribution in [-0.4, -0.2) is 26.8 Å². The predicted octanol–water partition coefficient (Wildman–Crippen LogP) is 3.65. The number of anilines is 1. The van der Waals surface area contributed by atoms with E-state index in [9.17, 15) is 9.18 Å². The number of carbonyl (C=O) groups excluding carboxylic acids is 1. The van der Waals surface area contributed by atoms with Crippen LogP contribution in [0.15, 0.2) is 53.7 Å². The number of rotatable bonds is 5. The van der Waals surface area contributed by atoms with Gasteiger partial charge in [-0.05, 0) is 37.3 Å². The standard InChI is InChI=1S/C17H15FN4OS/c1-11-3-2-4-12(9-11)16-20-17(22-21-16)24-10-15(23)19-14-7-5-13(18)6-8-14/h2-9H,10H2,1H3,(H,19,23)(H,20,21,22). The van der Waals surface area contributed by atoms with Gasteiger partial charge in [-0.2, -0.15) is 0 Å². The van der Waals surface area contributed by atoms with Crippen molar-refractivity contribution >= 4 is 23.4 Å². The van der Waals surface area contributed by atoms with Crippen LogP contribution in [-0.2, 0) is 4.79 Å². The summed E-state index contributed by atoms with van der Waals surface area (Å²) < 4.78 is 12.8. The number of H-pyrrole nitrogens is 1. The van der Waals surface area contributed by atoms with Crippen molar-refractivity contribution in [2.24, 2.45) is 0 Å². The average molecular weight is 342 g/mol. The lowest BCUT2D eigenvalue weighted by atomic mass is 10.1. The number of aryl methyl sites for hydroxylation is 1. The van der Waals surface area contributed by atoms with E-state index < -0.39 is 0 Å². The van der Waals surface area contributed by atoms with Gasteiger partial charge in [0.15, 0.2) is 5.82 Å². The Morgan fingerprint density at radius 2 is 2.04 bits per heavy atom. The molecule has 0 spiro atoms. The van der Waals surface area contributed by atoms with Crippen molar-refractivity contribution < 1.29 is 9.18 Å². The summed E-state index contributed by atoms with van der Waals surface area (Å²) in [6.07, 6.45) is 0. The molecule has 3 rings (SSSR count). The third-order valence-corrected chi connectivity index (χ3v) is 4.06. The summed E-state index contributed by atoms with van der Waals surface area (Å²) in [5.74, 6) is 0.295. The summed E-state index contributed by atoms with van der Waals surface area (Å²) in [5, 5.41) is 10.2. The number of thioether (sulfide) groups is 1. The molecule has 0 aliphatic heterocycles. The second-order valence-electron chi connectivity index (χ2n) is 5.18. The van der Waals surface area contributed by atoms with E-state index in [-0.39, 0.29) is 17.5 Å². The smallest absolute Gasteiger partial charge is 0.234 e. The molecule has 0 bridgehead atoms. The first kappa shape index (κ1) is 16.2. The molecule has 122 valence electrons. The molecule has 0 unspecified atom stereocenters. The Morgan fingerprint density at radius 1 is 1.25 bits per heavy atom. The molecule has 24 heavy (non-hydrogen) atoms. The van der Waals surface area contributed by atoms with Crippen molar-refractivity contribution in [1.29, 1.82) is 0 Å². The molecular formula is C17H15FN4OS. The van der Waals surface area contributed by atoms with Crippen LogP contribution in [0, 0.1) is 12.7 Å². The second-order valence-corrected chi connectivity index (χ2v) is 6.12. The number of hydrogen-bond acceptors (Lipinski definition) is 4. The Kier molecular flexibility index (Phi) is 4.90. The van der Waals surface area contributed by atoms with E-state index in [1.54, 1.807) is 0 Å². The minimum Gasteiger partial charge on any atom is -0.325 e. The number of hydrogen-bond donors (Lipinski definition) is 2. The Labute approximate surface area is 142 Å². The van der Waals surface area contributed by atoms with Crippen LogP contribution in [0.3, 0.4) is 0 Å². The average Bonchev–Trinajstić information content (AvgIpc) is 3.04. The molecular weight excluding hydrogens is 327 g/mol. The van der Waals surface area contributed by atoms with Gasteiger partial charge in [-0.15, -0.1) is 5.10 Å². The number of nitrogens with zero attached hydrogens (tertiary/aromatic N) is 2. The monoisotopic (exact) mass is 342 g/mol. The number of nitrogens with one attached hydrogen (secondary N) is 2. The minimum absolute atomic E-state index is 0.169. The third kappa shape index (κ3) is 4.20. The van der Waals surface area contributed by atoms with Crippen molar-refractivity contribution in [2.75, 3.05) is 11.1 Å². The minimum atomic E-state index is -0.341. The van der Waals surface area contributed by atoms with Gasteiger partial charge < -0.3 is 5.32 Å². The van der Waals surface area contributed by atoms with Gasteiger partial charge >= 0.3 is 0 Å². The van der Waals surface area contributed by atoms with Gasteiger partial charge in [0, 0.05) is 11.3 Å².